The van der Waals surface area contributed by atoms with Crippen LogP contribution in [0.1, 0.15) is 53.4 Å². The predicted octanol–water partition coefficient (Wildman–Crippen LogP) is 2.28. The van der Waals surface area contributed by atoms with Crippen LogP contribution in [0.2, 0.25) is 0 Å². The molecule has 1 N–H and O–H groups in total. The van der Waals surface area contributed by atoms with Crippen LogP contribution in [0.25, 0.3) is 0 Å². The van der Waals surface area contributed by atoms with Gasteiger partial charge in [0, 0.05) is 41.7 Å². The van der Waals surface area contributed by atoms with E-state index in [4.69, 9.17) is 4.74 Å². The van der Waals surface area contributed by atoms with Crippen LogP contribution in [0.15, 0.2) is 0 Å². The van der Waals surface area contributed by atoms with E-state index in [1.54, 1.807) is 4.90 Å². The molecule has 5 nitrogen and oxygen atoms in total. The van der Waals surface area contributed by atoms with Crippen molar-refractivity contribution in [1.82, 2.24) is 10.2 Å². The van der Waals surface area contributed by atoms with Gasteiger partial charge >= 0.3 is 6.09 Å². The number of nitrogens with one attached hydrogen (secondary N) is 1. The lowest BCUT2D eigenvalue weighted by molar-refractivity contribution is 0.00374. The summed E-state index contributed by atoms with van der Waals surface area (Å²) in [7, 11) is -0.736. The molecular formula is C16H30N2O3S. The number of hydrogen-bond acceptors (Lipinski definition) is 4. The van der Waals surface area contributed by atoms with E-state index in [0.717, 1.165) is 18.6 Å². The van der Waals surface area contributed by atoms with Crippen molar-refractivity contribution < 1.29 is 13.7 Å². The Kier molecular flexibility index (Phi) is 5.88. The van der Waals surface area contributed by atoms with Crippen LogP contribution in [-0.2, 0) is 15.5 Å². The van der Waals surface area contributed by atoms with Gasteiger partial charge < -0.3 is 15.0 Å². The Bertz CT molecular complexity index is 416. The lowest BCUT2D eigenvalue weighted by Gasteiger charge is -2.43. The Morgan fingerprint density at radius 1 is 1.27 bits per heavy atom. The number of likely N-dealkylation sites (tertiary alicyclic amines) is 1. The van der Waals surface area contributed by atoms with Crippen LogP contribution in [0.4, 0.5) is 4.79 Å². The van der Waals surface area contributed by atoms with Crippen molar-refractivity contribution in [2.24, 2.45) is 0 Å². The summed E-state index contributed by atoms with van der Waals surface area (Å²) in [5.74, 6) is 0.734. The molecule has 0 aromatic carbocycles. The van der Waals surface area contributed by atoms with Gasteiger partial charge in [0.15, 0.2) is 0 Å². The van der Waals surface area contributed by atoms with Gasteiger partial charge in [-0.2, -0.15) is 0 Å². The highest BCUT2D eigenvalue weighted by Gasteiger charge is 2.37. The standard InChI is InChI=1S/C16H30N2O3S/c1-5-22(20)14-9-7-6-8-13(14)17-12-10-18(11-12)15(19)21-16(2,3)4/h12-14,17H,5-11H2,1-4H3/t13-,14-,22+/m1/s1. The molecule has 1 heterocycles. The SMILES string of the molecule is CC[S@](=O)[C@@H]1CCCC[C@H]1NC1CN(C(=O)OC(C)(C)C)C1. The van der Waals surface area contributed by atoms with E-state index in [2.05, 4.69) is 5.32 Å². The molecule has 6 heteroatoms. The molecule has 1 saturated heterocycles. The van der Waals surface area contributed by atoms with Gasteiger partial charge in [-0.3, -0.25) is 4.21 Å². The Labute approximate surface area is 136 Å². The maximum atomic E-state index is 12.2. The summed E-state index contributed by atoms with van der Waals surface area (Å²) in [5.41, 5.74) is -0.442. The van der Waals surface area contributed by atoms with Crippen molar-refractivity contribution in [3.05, 3.63) is 0 Å². The minimum Gasteiger partial charge on any atom is -0.444 e. The van der Waals surface area contributed by atoms with Crippen molar-refractivity contribution >= 4 is 16.9 Å². The zero-order valence-corrected chi connectivity index (χ0v) is 15.1. The quantitative estimate of drug-likeness (QED) is 0.859. The van der Waals surface area contributed by atoms with Crippen molar-refractivity contribution in [1.29, 1.82) is 0 Å². The highest BCUT2D eigenvalue weighted by Crippen LogP contribution is 2.25. The molecule has 1 amide bonds. The first-order chi connectivity index (χ1) is 10.3. The Balaban J connectivity index is 1.78. The number of nitrogens with zero attached hydrogens (tertiary/aromatic N) is 1. The van der Waals surface area contributed by atoms with Crippen LogP contribution in [0, 0.1) is 0 Å². The first-order valence-electron chi connectivity index (χ1n) is 8.41. The number of ether oxygens (including phenoxy) is 1. The average Bonchev–Trinajstić information content (AvgIpc) is 2.39. The third kappa shape index (κ3) is 4.69. The first kappa shape index (κ1) is 17.7. The largest absolute Gasteiger partial charge is 0.444 e. The van der Waals surface area contributed by atoms with E-state index in [1.165, 1.54) is 12.8 Å². The lowest BCUT2D eigenvalue weighted by Crippen LogP contribution is -2.64. The molecule has 0 bridgehead atoms. The Morgan fingerprint density at radius 3 is 2.50 bits per heavy atom. The highest BCUT2D eigenvalue weighted by molar-refractivity contribution is 7.85. The number of carbonyl (C=O) groups is 1. The van der Waals surface area contributed by atoms with Gasteiger partial charge in [-0.05, 0) is 33.6 Å². The molecule has 0 unspecified atom stereocenters. The number of hydrogen-bond donors (Lipinski definition) is 1. The van der Waals surface area contributed by atoms with E-state index < -0.39 is 16.4 Å². The van der Waals surface area contributed by atoms with Crippen LogP contribution in [0.5, 0.6) is 0 Å². The zero-order chi connectivity index (χ0) is 16.3. The summed E-state index contributed by atoms with van der Waals surface area (Å²) in [6.07, 6.45) is 4.31. The van der Waals surface area contributed by atoms with Gasteiger partial charge in [-0.1, -0.05) is 19.8 Å². The van der Waals surface area contributed by atoms with Gasteiger partial charge in [0.2, 0.25) is 0 Å². The lowest BCUT2D eigenvalue weighted by atomic mass is 9.93. The zero-order valence-electron chi connectivity index (χ0n) is 14.3. The first-order valence-corrected chi connectivity index (χ1v) is 9.79. The van der Waals surface area contributed by atoms with E-state index in [-0.39, 0.29) is 11.3 Å². The molecule has 0 aromatic rings. The van der Waals surface area contributed by atoms with Crippen molar-refractivity contribution in [2.45, 2.75) is 76.3 Å². The van der Waals surface area contributed by atoms with E-state index in [9.17, 15) is 9.00 Å². The van der Waals surface area contributed by atoms with Crippen LogP contribution in [0.3, 0.4) is 0 Å². The van der Waals surface area contributed by atoms with Gasteiger partial charge in [0.25, 0.3) is 0 Å². The monoisotopic (exact) mass is 330 g/mol. The van der Waals surface area contributed by atoms with Gasteiger partial charge in [0.1, 0.15) is 5.60 Å². The Hall–Kier alpha value is -0.620. The average molecular weight is 330 g/mol. The fourth-order valence-corrected chi connectivity index (χ4v) is 4.62. The minimum atomic E-state index is -0.736. The second-order valence-corrected chi connectivity index (χ2v) is 9.29. The third-order valence-electron chi connectivity index (χ3n) is 4.31. The van der Waals surface area contributed by atoms with Crippen LogP contribution >= 0.6 is 0 Å². The molecule has 0 aromatic heterocycles. The second kappa shape index (κ2) is 7.30. The van der Waals surface area contributed by atoms with Crippen molar-refractivity contribution in [3.63, 3.8) is 0 Å². The maximum Gasteiger partial charge on any atom is 0.410 e. The topological polar surface area (TPSA) is 58.6 Å². The van der Waals surface area contributed by atoms with E-state index >= 15 is 0 Å². The fourth-order valence-electron chi connectivity index (χ4n) is 3.18. The summed E-state index contributed by atoms with van der Waals surface area (Å²) < 4.78 is 17.5. The fraction of sp³-hybridized carbons (Fsp3) is 0.938. The predicted molar refractivity (Wildman–Crippen MR) is 89.5 cm³/mol. The van der Waals surface area contributed by atoms with Gasteiger partial charge in [0.05, 0.1) is 5.25 Å². The maximum absolute atomic E-state index is 12.2. The van der Waals surface area contributed by atoms with Crippen molar-refractivity contribution in [3.8, 4) is 0 Å². The summed E-state index contributed by atoms with van der Waals surface area (Å²) in [5, 5.41) is 3.90. The van der Waals surface area contributed by atoms with Gasteiger partial charge in [-0.25, -0.2) is 4.79 Å². The smallest absolute Gasteiger partial charge is 0.410 e. The Morgan fingerprint density at radius 2 is 1.91 bits per heavy atom. The molecule has 22 heavy (non-hydrogen) atoms. The van der Waals surface area contributed by atoms with Crippen LogP contribution < -0.4 is 5.32 Å². The summed E-state index contributed by atoms with van der Waals surface area (Å²) >= 11 is 0. The van der Waals surface area contributed by atoms with E-state index in [1.807, 2.05) is 27.7 Å². The molecule has 1 aliphatic heterocycles. The molecule has 0 spiro atoms. The summed E-state index contributed by atoms with van der Waals surface area (Å²) in [6.45, 7) is 9.02. The molecule has 1 saturated carbocycles. The van der Waals surface area contributed by atoms with Crippen LogP contribution in [-0.4, -0.2) is 57.0 Å². The molecule has 128 valence electrons. The molecular weight excluding hydrogens is 300 g/mol. The third-order valence-corrected chi connectivity index (χ3v) is 6.12. The number of rotatable bonds is 4. The molecule has 2 rings (SSSR count). The number of amides is 1. The summed E-state index contributed by atoms with van der Waals surface area (Å²) in [6, 6.07) is 0.646. The normalized spacial score (nSPS) is 28.1. The highest BCUT2D eigenvalue weighted by atomic mass is 32.2. The van der Waals surface area contributed by atoms with Crippen molar-refractivity contribution in [2.75, 3.05) is 18.8 Å². The molecule has 2 aliphatic rings. The second-order valence-electron chi connectivity index (χ2n) is 7.35. The molecule has 0 radical (unpaired) electrons. The molecule has 1 aliphatic carbocycles. The summed E-state index contributed by atoms with van der Waals surface area (Å²) in [4.78, 5) is 13.7. The molecule has 3 atom stereocenters. The van der Waals surface area contributed by atoms with Gasteiger partial charge in [-0.15, -0.1) is 0 Å². The molecule has 2 fully saturated rings. The number of carbonyl (C=O) groups excluding carboxylic acids is 1. The van der Waals surface area contributed by atoms with E-state index in [0.29, 0.717) is 25.2 Å². The minimum absolute atomic E-state index is 0.233.